The van der Waals surface area contributed by atoms with Crippen molar-refractivity contribution in [2.24, 2.45) is 0 Å². The number of rotatable bonds is 1. The molecule has 0 aliphatic heterocycles. The fourth-order valence-electron chi connectivity index (χ4n) is 0.542. The second-order valence-corrected chi connectivity index (χ2v) is 3.16. The van der Waals surface area contributed by atoms with Crippen LogP contribution in [0, 0.1) is 11.6 Å². The Labute approximate surface area is 63.0 Å². The van der Waals surface area contributed by atoms with Crippen LogP contribution in [0.25, 0.3) is 0 Å². The van der Waals surface area contributed by atoms with E-state index < -0.39 is 27.3 Å². The van der Waals surface area contributed by atoms with Crippen molar-refractivity contribution in [2.75, 3.05) is 0 Å². The fourth-order valence-corrected chi connectivity index (χ4v) is 1.17. The van der Waals surface area contributed by atoms with Gasteiger partial charge in [0.25, 0.3) is 0 Å². The van der Waals surface area contributed by atoms with E-state index in [1.165, 1.54) is 6.07 Å². The summed E-state index contributed by atoms with van der Waals surface area (Å²) in [6.07, 6.45) is 0. The van der Waals surface area contributed by atoms with E-state index in [2.05, 4.69) is 0 Å². The van der Waals surface area contributed by atoms with Crippen LogP contribution in [0.15, 0.2) is 18.2 Å². The van der Waals surface area contributed by atoms with Gasteiger partial charge in [-0.3, -0.25) is 0 Å². The zero-order valence-corrected chi connectivity index (χ0v) is 6.72. The SMILES string of the molecule is O=[As]c1ccc(F)c(F)c1. The Morgan fingerprint density at radius 1 is 1.20 bits per heavy atom. The van der Waals surface area contributed by atoms with Gasteiger partial charge in [0.2, 0.25) is 0 Å². The van der Waals surface area contributed by atoms with Crippen LogP contribution in [0.4, 0.5) is 8.78 Å². The summed E-state index contributed by atoms with van der Waals surface area (Å²) in [4.78, 5) is 0. The van der Waals surface area contributed by atoms with Crippen LogP contribution in [-0.4, -0.2) is 15.7 Å². The first-order valence-corrected chi connectivity index (χ1v) is 4.23. The first kappa shape index (κ1) is 7.54. The number of hydrogen-bond donors (Lipinski definition) is 0. The quantitative estimate of drug-likeness (QED) is 0.613. The molecule has 0 aliphatic carbocycles. The summed E-state index contributed by atoms with van der Waals surface area (Å²) in [7, 11) is 0. The Morgan fingerprint density at radius 3 is 2.40 bits per heavy atom. The minimum atomic E-state index is -1.25. The maximum absolute atomic E-state index is 12.3. The third kappa shape index (κ3) is 1.48. The normalized spacial score (nSPS) is 10.2. The molecule has 0 fully saturated rings. The molecule has 0 aromatic heterocycles. The molecule has 0 saturated heterocycles. The van der Waals surface area contributed by atoms with Crippen molar-refractivity contribution in [3.05, 3.63) is 29.8 Å². The minimum absolute atomic E-state index is 0.357. The molecule has 0 heterocycles. The van der Waals surface area contributed by atoms with Crippen molar-refractivity contribution in [2.45, 2.75) is 0 Å². The van der Waals surface area contributed by atoms with Crippen molar-refractivity contribution >= 4 is 20.0 Å². The average Bonchev–Trinajstić information content (AvgIpc) is 1.95. The molecule has 0 radical (unpaired) electrons. The summed E-state index contributed by atoms with van der Waals surface area (Å²) in [6.45, 7) is 0. The van der Waals surface area contributed by atoms with E-state index in [0.29, 0.717) is 4.35 Å². The van der Waals surface area contributed by atoms with Crippen LogP contribution in [0.1, 0.15) is 0 Å². The van der Waals surface area contributed by atoms with Gasteiger partial charge in [0, 0.05) is 0 Å². The van der Waals surface area contributed by atoms with Gasteiger partial charge >= 0.3 is 62.4 Å². The number of benzene rings is 1. The Kier molecular flexibility index (Phi) is 2.28. The van der Waals surface area contributed by atoms with E-state index in [1.807, 2.05) is 0 Å². The Balaban J connectivity index is 3.16. The summed E-state index contributed by atoms with van der Waals surface area (Å²) >= 11 is -1.25. The van der Waals surface area contributed by atoms with Crippen LogP contribution < -0.4 is 4.35 Å². The van der Waals surface area contributed by atoms with E-state index >= 15 is 0 Å². The molecule has 0 spiro atoms. The maximum atomic E-state index is 12.3. The van der Waals surface area contributed by atoms with Crippen molar-refractivity contribution < 1.29 is 12.5 Å². The van der Waals surface area contributed by atoms with Crippen molar-refractivity contribution in [1.82, 2.24) is 0 Å². The Bertz CT molecular complexity index is 262. The van der Waals surface area contributed by atoms with E-state index in [4.69, 9.17) is 0 Å². The predicted octanol–water partition coefficient (Wildman–Crippen LogP) is 0.640. The third-order valence-corrected chi connectivity index (χ3v) is 2.03. The molecule has 0 aliphatic rings. The summed E-state index contributed by atoms with van der Waals surface area (Å²) in [5, 5.41) is 0. The van der Waals surface area contributed by atoms with Crippen molar-refractivity contribution in [1.29, 1.82) is 0 Å². The average molecular weight is 204 g/mol. The first-order valence-electron chi connectivity index (χ1n) is 2.52. The Morgan fingerprint density at radius 2 is 1.90 bits per heavy atom. The summed E-state index contributed by atoms with van der Waals surface area (Å²) in [5.41, 5.74) is 0. The van der Waals surface area contributed by atoms with Crippen LogP contribution in [0.3, 0.4) is 0 Å². The summed E-state index contributed by atoms with van der Waals surface area (Å²) < 4.78 is 35.0. The van der Waals surface area contributed by atoms with Gasteiger partial charge in [-0.05, 0) is 0 Å². The van der Waals surface area contributed by atoms with Gasteiger partial charge in [-0.1, -0.05) is 0 Å². The van der Waals surface area contributed by atoms with E-state index in [9.17, 15) is 12.5 Å². The standard InChI is InChI=1S/C6H3AsF2O/c8-5-2-1-4(7-10)3-6(5)9/h1-3H. The number of hydrogen-bond acceptors (Lipinski definition) is 1. The van der Waals surface area contributed by atoms with E-state index in [-0.39, 0.29) is 0 Å². The molecular formula is C6H3AsF2O. The molecule has 1 aromatic carbocycles. The molecular weight excluding hydrogens is 201 g/mol. The van der Waals surface area contributed by atoms with Crippen molar-refractivity contribution in [3.8, 4) is 0 Å². The van der Waals surface area contributed by atoms with Crippen LogP contribution >= 0.6 is 0 Å². The molecule has 0 bridgehead atoms. The van der Waals surface area contributed by atoms with Crippen LogP contribution in [0.5, 0.6) is 0 Å². The van der Waals surface area contributed by atoms with Crippen molar-refractivity contribution in [3.63, 3.8) is 0 Å². The third-order valence-electron chi connectivity index (χ3n) is 1.01. The van der Waals surface area contributed by atoms with Crippen LogP contribution in [0.2, 0.25) is 0 Å². The van der Waals surface area contributed by atoms with Gasteiger partial charge in [0.1, 0.15) is 0 Å². The summed E-state index contributed by atoms with van der Waals surface area (Å²) in [6, 6.07) is 3.23. The molecule has 0 N–H and O–H groups in total. The Hall–Kier alpha value is -0.562. The monoisotopic (exact) mass is 204 g/mol. The molecule has 1 aromatic rings. The second kappa shape index (κ2) is 3.02. The van der Waals surface area contributed by atoms with Gasteiger partial charge in [-0.25, -0.2) is 0 Å². The molecule has 10 heavy (non-hydrogen) atoms. The fraction of sp³-hybridized carbons (Fsp3) is 0. The van der Waals surface area contributed by atoms with Crippen LogP contribution in [-0.2, 0) is 3.74 Å². The van der Waals surface area contributed by atoms with Gasteiger partial charge < -0.3 is 0 Å². The number of halogens is 2. The van der Waals surface area contributed by atoms with E-state index in [0.717, 1.165) is 12.1 Å². The molecule has 0 atom stereocenters. The zero-order valence-electron chi connectivity index (χ0n) is 4.84. The molecule has 1 nitrogen and oxygen atoms in total. The van der Waals surface area contributed by atoms with E-state index in [1.54, 1.807) is 0 Å². The molecule has 52 valence electrons. The van der Waals surface area contributed by atoms with Gasteiger partial charge in [0.05, 0.1) is 0 Å². The van der Waals surface area contributed by atoms with Gasteiger partial charge in [-0.15, -0.1) is 0 Å². The molecule has 0 amide bonds. The molecule has 1 rings (SSSR count). The van der Waals surface area contributed by atoms with Gasteiger partial charge in [0.15, 0.2) is 0 Å². The summed E-state index contributed by atoms with van der Waals surface area (Å²) in [5.74, 6) is -1.85. The predicted molar refractivity (Wildman–Crippen MR) is 32.4 cm³/mol. The zero-order chi connectivity index (χ0) is 7.56. The molecule has 0 unspecified atom stereocenters. The molecule has 4 heteroatoms. The molecule has 0 saturated carbocycles. The van der Waals surface area contributed by atoms with Gasteiger partial charge in [-0.2, -0.15) is 0 Å². The second-order valence-electron chi connectivity index (χ2n) is 1.69. The first-order chi connectivity index (χ1) is 4.74. The topological polar surface area (TPSA) is 17.1 Å².